The maximum absolute atomic E-state index is 12.9. The Bertz CT molecular complexity index is 342. The minimum absolute atomic E-state index is 0.0249. The zero-order chi connectivity index (χ0) is 12.2. The molecule has 3 N–H and O–H groups in total. The number of rotatable bonds is 5. The van der Waals surface area contributed by atoms with Crippen LogP contribution in [0.15, 0.2) is 24.3 Å². The third kappa shape index (κ3) is 3.89. The summed E-state index contributed by atoms with van der Waals surface area (Å²) in [5.41, 5.74) is 0.0788. The molecule has 0 fully saturated rings. The Labute approximate surface area is 94.9 Å². The van der Waals surface area contributed by atoms with E-state index >= 15 is 0 Å². The highest BCUT2D eigenvalue weighted by atomic mass is 19.1. The van der Waals surface area contributed by atoms with Crippen LogP contribution < -0.4 is 5.32 Å². The molecule has 16 heavy (non-hydrogen) atoms. The molecule has 0 aliphatic heterocycles. The average Bonchev–Trinajstić information content (AvgIpc) is 2.26. The van der Waals surface area contributed by atoms with Crippen LogP contribution in [0.3, 0.4) is 0 Å². The van der Waals surface area contributed by atoms with E-state index in [1.807, 2.05) is 13.8 Å². The SMILES string of the molecule is CC(C)(CO)NC[C@H](O)c1cccc(F)c1. The quantitative estimate of drug-likeness (QED) is 0.709. The Balaban J connectivity index is 2.56. The maximum atomic E-state index is 12.9. The number of benzene rings is 1. The first kappa shape index (κ1) is 13.1. The van der Waals surface area contributed by atoms with E-state index in [9.17, 15) is 9.50 Å². The lowest BCUT2D eigenvalue weighted by Gasteiger charge is -2.25. The zero-order valence-electron chi connectivity index (χ0n) is 9.57. The lowest BCUT2D eigenvalue weighted by atomic mass is 10.1. The Kier molecular flexibility index (Phi) is 4.41. The molecule has 1 rings (SSSR count). The summed E-state index contributed by atoms with van der Waals surface area (Å²) in [6.07, 6.45) is -0.776. The van der Waals surface area contributed by atoms with Gasteiger partial charge in [-0.15, -0.1) is 0 Å². The fourth-order valence-electron chi connectivity index (χ4n) is 1.26. The highest BCUT2D eigenvalue weighted by Gasteiger charge is 2.17. The second kappa shape index (κ2) is 5.39. The van der Waals surface area contributed by atoms with Gasteiger partial charge in [0.15, 0.2) is 0 Å². The van der Waals surface area contributed by atoms with Gasteiger partial charge in [-0.3, -0.25) is 0 Å². The van der Waals surface area contributed by atoms with Crippen molar-refractivity contribution in [3.8, 4) is 0 Å². The topological polar surface area (TPSA) is 52.5 Å². The molecule has 0 unspecified atom stereocenters. The molecule has 0 aromatic heterocycles. The molecule has 0 spiro atoms. The monoisotopic (exact) mass is 227 g/mol. The highest BCUT2D eigenvalue weighted by Crippen LogP contribution is 2.14. The van der Waals surface area contributed by atoms with E-state index in [4.69, 9.17) is 5.11 Å². The molecule has 3 nitrogen and oxygen atoms in total. The third-order valence-electron chi connectivity index (χ3n) is 2.40. The van der Waals surface area contributed by atoms with Gasteiger partial charge in [-0.05, 0) is 31.5 Å². The summed E-state index contributed by atoms with van der Waals surface area (Å²) in [7, 11) is 0. The molecule has 1 atom stereocenters. The lowest BCUT2D eigenvalue weighted by Crippen LogP contribution is -2.44. The average molecular weight is 227 g/mol. The number of halogens is 1. The summed E-state index contributed by atoms with van der Waals surface area (Å²) in [5.74, 6) is -0.363. The largest absolute Gasteiger partial charge is 0.394 e. The van der Waals surface area contributed by atoms with Gasteiger partial charge >= 0.3 is 0 Å². The molecule has 90 valence electrons. The van der Waals surface area contributed by atoms with Crippen molar-refractivity contribution in [3.63, 3.8) is 0 Å². The maximum Gasteiger partial charge on any atom is 0.123 e. The Morgan fingerprint density at radius 1 is 1.44 bits per heavy atom. The molecule has 0 saturated carbocycles. The number of hydrogen-bond acceptors (Lipinski definition) is 3. The van der Waals surface area contributed by atoms with E-state index in [0.717, 1.165) is 0 Å². The van der Waals surface area contributed by atoms with E-state index < -0.39 is 11.6 Å². The summed E-state index contributed by atoms with van der Waals surface area (Å²) in [6.45, 7) is 3.90. The van der Waals surface area contributed by atoms with E-state index in [-0.39, 0.29) is 19.0 Å². The Hall–Kier alpha value is -0.970. The van der Waals surface area contributed by atoms with Gasteiger partial charge in [0.2, 0.25) is 0 Å². The molecule has 0 aliphatic carbocycles. The van der Waals surface area contributed by atoms with Crippen LogP contribution in [-0.4, -0.2) is 28.9 Å². The number of β-amino-alcohol motifs (C(OH)–C–C–N with tert-alkyl or cyclic N) is 1. The molecule has 1 aromatic carbocycles. The third-order valence-corrected chi connectivity index (χ3v) is 2.40. The molecule has 0 saturated heterocycles. The molecule has 1 aromatic rings. The number of aliphatic hydroxyl groups excluding tert-OH is 2. The highest BCUT2D eigenvalue weighted by molar-refractivity contribution is 5.19. The summed E-state index contributed by atoms with van der Waals surface area (Å²) >= 11 is 0. The predicted molar refractivity (Wildman–Crippen MR) is 60.5 cm³/mol. The van der Waals surface area contributed by atoms with Crippen LogP contribution in [-0.2, 0) is 0 Å². The van der Waals surface area contributed by atoms with Crippen molar-refractivity contribution < 1.29 is 14.6 Å². The van der Waals surface area contributed by atoms with Gasteiger partial charge in [-0.25, -0.2) is 4.39 Å². The molecular formula is C12H18FNO2. The first-order chi connectivity index (χ1) is 7.44. The first-order valence-corrected chi connectivity index (χ1v) is 5.24. The molecule has 0 radical (unpaired) electrons. The van der Waals surface area contributed by atoms with E-state index in [0.29, 0.717) is 5.56 Å². The first-order valence-electron chi connectivity index (χ1n) is 5.24. The lowest BCUT2D eigenvalue weighted by molar-refractivity contribution is 0.136. The second-order valence-electron chi connectivity index (χ2n) is 4.49. The van der Waals surface area contributed by atoms with Gasteiger partial charge in [0.1, 0.15) is 5.82 Å². The van der Waals surface area contributed by atoms with Crippen molar-refractivity contribution in [2.75, 3.05) is 13.2 Å². The van der Waals surface area contributed by atoms with E-state index in [2.05, 4.69) is 5.32 Å². The van der Waals surface area contributed by atoms with Gasteiger partial charge in [-0.2, -0.15) is 0 Å². The predicted octanol–water partition coefficient (Wildman–Crippen LogP) is 1.22. The fraction of sp³-hybridized carbons (Fsp3) is 0.500. The van der Waals surface area contributed by atoms with Crippen molar-refractivity contribution in [1.82, 2.24) is 5.32 Å². The van der Waals surface area contributed by atoms with Crippen LogP contribution >= 0.6 is 0 Å². The summed E-state index contributed by atoms with van der Waals surface area (Å²) in [6, 6.07) is 5.87. The summed E-state index contributed by atoms with van der Waals surface area (Å²) in [5, 5.41) is 21.8. The van der Waals surface area contributed by atoms with Crippen LogP contribution in [0.1, 0.15) is 25.5 Å². The van der Waals surface area contributed by atoms with Crippen molar-refractivity contribution in [1.29, 1.82) is 0 Å². The smallest absolute Gasteiger partial charge is 0.123 e. The van der Waals surface area contributed by atoms with Crippen molar-refractivity contribution in [3.05, 3.63) is 35.6 Å². The van der Waals surface area contributed by atoms with Crippen molar-refractivity contribution in [2.45, 2.75) is 25.5 Å². The molecule has 0 bridgehead atoms. The molecule has 0 amide bonds. The van der Waals surface area contributed by atoms with Crippen molar-refractivity contribution in [2.24, 2.45) is 0 Å². The Morgan fingerprint density at radius 3 is 2.69 bits per heavy atom. The van der Waals surface area contributed by atoms with Crippen LogP contribution in [0.4, 0.5) is 4.39 Å². The van der Waals surface area contributed by atoms with Crippen LogP contribution in [0.2, 0.25) is 0 Å². The van der Waals surface area contributed by atoms with Crippen LogP contribution in [0, 0.1) is 5.82 Å². The van der Waals surface area contributed by atoms with Crippen molar-refractivity contribution >= 4 is 0 Å². The minimum atomic E-state index is -0.776. The summed E-state index contributed by atoms with van der Waals surface area (Å²) in [4.78, 5) is 0. The van der Waals surface area contributed by atoms with Gasteiger partial charge in [0, 0.05) is 12.1 Å². The molecule has 0 heterocycles. The number of nitrogens with one attached hydrogen (secondary N) is 1. The standard InChI is InChI=1S/C12H18FNO2/c1-12(2,8-15)14-7-11(16)9-4-3-5-10(13)6-9/h3-6,11,14-16H,7-8H2,1-2H3/t11-/m0/s1. The second-order valence-corrected chi connectivity index (χ2v) is 4.49. The molecule has 0 aliphatic rings. The van der Waals surface area contributed by atoms with E-state index in [1.165, 1.54) is 12.1 Å². The fourth-order valence-corrected chi connectivity index (χ4v) is 1.26. The van der Waals surface area contributed by atoms with Gasteiger partial charge in [0.05, 0.1) is 12.7 Å². The number of hydrogen-bond donors (Lipinski definition) is 3. The zero-order valence-corrected chi connectivity index (χ0v) is 9.57. The van der Waals surface area contributed by atoms with Crippen LogP contribution in [0.25, 0.3) is 0 Å². The Morgan fingerprint density at radius 2 is 2.12 bits per heavy atom. The summed E-state index contributed by atoms with van der Waals surface area (Å²) < 4.78 is 12.9. The molecular weight excluding hydrogens is 209 g/mol. The van der Waals surface area contributed by atoms with Crippen LogP contribution in [0.5, 0.6) is 0 Å². The van der Waals surface area contributed by atoms with Gasteiger partial charge in [0.25, 0.3) is 0 Å². The van der Waals surface area contributed by atoms with E-state index in [1.54, 1.807) is 12.1 Å². The normalized spacial score (nSPS) is 13.8. The van der Waals surface area contributed by atoms with Gasteiger partial charge in [-0.1, -0.05) is 12.1 Å². The number of aliphatic hydroxyl groups is 2. The molecule has 4 heteroatoms. The minimum Gasteiger partial charge on any atom is -0.394 e. The van der Waals surface area contributed by atoms with Gasteiger partial charge < -0.3 is 15.5 Å².